The van der Waals surface area contributed by atoms with Crippen molar-refractivity contribution < 1.29 is 13.5 Å². The SMILES string of the molecule is Cc1cc(S(=O)(=O)NCC2CC(O)C2)sc1Br. The fraction of sp³-hybridized carbons (Fsp3) is 0.600. The average Bonchev–Trinajstić information content (AvgIpc) is 2.53. The van der Waals surface area contributed by atoms with E-state index in [4.69, 9.17) is 5.11 Å². The van der Waals surface area contributed by atoms with Crippen LogP contribution in [0.3, 0.4) is 0 Å². The molecule has 17 heavy (non-hydrogen) atoms. The van der Waals surface area contributed by atoms with E-state index in [1.807, 2.05) is 6.92 Å². The smallest absolute Gasteiger partial charge is 0.250 e. The van der Waals surface area contributed by atoms with Gasteiger partial charge in [0.2, 0.25) is 10.0 Å². The van der Waals surface area contributed by atoms with Crippen molar-refractivity contribution in [2.45, 2.75) is 30.1 Å². The van der Waals surface area contributed by atoms with E-state index in [0.717, 1.165) is 9.35 Å². The van der Waals surface area contributed by atoms with E-state index in [1.165, 1.54) is 11.3 Å². The topological polar surface area (TPSA) is 66.4 Å². The summed E-state index contributed by atoms with van der Waals surface area (Å²) in [6.45, 7) is 2.27. The highest BCUT2D eigenvalue weighted by Crippen LogP contribution is 2.31. The Hall–Kier alpha value is 0.0500. The number of aryl methyl sites for hydroxylation is 1. The standard InChI is InChI=1S/C10H14BrNO3S2/c1-6-2-9(16-10(6)11)17(14,15)12-5-7-3-8(13)4-7/h2,7-8,12-13H,3-5H2,1H3. The van der Waals surface area contributed by atoms with Gasteiger partial charge >= 0.3 is 0 Å². The Labute approximate surface area is 113 Å². The van der Waals surface area contributed by atoms with Crippen molar-refractivity contribution in [2.24, 2.45) is 5.92 Å². The van der Waals surface area contributed by atoms with E-state index in [0.29, 0.717) is 23.6 Å². The number of aliphatic hydroxyl groups excluding tert-OH is 1. The average molecular weight is 340 g/mol. The maximum atomic E-state index is 11.9. The second-order valence-electron chi connectivity index (χ2n) is 4.37. The summed E-state index contributed by atoms with van der Waals surface area (Å²) in [5.74, 6) is 0.268. The predicted octanol–water partition coefficient (Wildman–Crippen LogP) is 1.87. The lowest BCUT2D eigenvalue weighted by Gasteiger charge is -2.31. The van der Waals surface area contributed by atoms with E-state index >= 15 is 0 Å². The molecule has 7 heteroatoms. The molecule has 2 N–H and O–H groups in total. The van der Waals surface area contributed by atoms with Crippen LogP contribution in [0.4, 0.5) is 0 Å². The molecular weight excluding hydrogens is 326 g/mol. The zero-order chi connectivity index (χ0) is 12.6. The molecule has 0 unspecified atom stereocenters. The van der Waals surface area contributed by atoms with Crippen LogP contribution < -0.4 is 4.72 Å². The highest BCUT2D eigenvalue weighted by Gasteiger charge is 2.28. The Kier molecular flexibility index (Phi) is 3.94. The molecule has 2 rings (SSSR count). The van der Waals surface area contributed by atoms with E-state index in [2.05, 4.69) is 20.7 Å². The second kappa shape index (κ2) is 4.97. The van der Waals surface area contributed by atoms with Crippen LogP contribution in [-0.4, -0.2) is 26.2 Å². The molecule has 0 radical (unpaired) electrons. The zero-order valence-corrected chi connectivity index (χ0v) is 12.5. The number of rotatable bonds is 4. The molecule has 0 bridgehead atoms. The minimum Gasteiger partial charge on any atom is -0.393 e. The van der Waals surface area contributed by atoms with Crippen LogP contribution in [0.15, 0.2) is 14.1 Å². The van der Waals surface area contributed by atoms with Crippen LogP contribution in [0.25, 0.3) is 0 Å². The molecule has 1 fully saturated rings. The number of thiophene rings is 1. The van der Waals surface area contributed by atoms with Crippen molar-refractivity contribution in [2.75, 3.05) is 6.54 Å². The van der Waals surface area contributed by atoms with E-state index in [9.17, 15) is 8.42 Å². The van der Waals surface area contributed by atoms with E-state index < -0.39 is 10.0 Å². The minimum atomic E-state index is -3.39. The summed E-state index contributed by atoms with van der Waals surface area (Å²) in [6.07, 6.45) is 1.13. The molecule has 0 aliphatic heterocycles. The quantitative estimate of drug-likeness (QED) is 0.879. The van der Waals surface area contributed by atoms with Crippen molar-refractivity contribution in [3.05, 3.63) is 15.4 Å². The summed E-state index contributed by atoms with van der Waals surface area (Å²) in [4.78, 5) is 0. The zero-order valence-electron chi connectivity index (χ0n) is 9.31. The number of aliphatic hydroxyl groups is 1. The molecule has 1 saturated carbocycles. The van der Waals surface area contributed by atoms with Gasteiger partial charge in [-0.2, -0.15) is 0 Å². The van der Waals surface area contributed by atoms with Gasteiger partial charge in [0.15, 0.2) is 0 Å². The second-order valence-corrected chi connectivity index (χ2v) is 8.73. The van der Waals surface area contributed by atoms with Crippen molar-refractivity contribution in [3.8, 4) is 0 Å². The fourth-order valence-electron chi connectivity index (χ4n) is 1.73. The number of hydrogen-bond donors (Lipinski definition) is 2. The van der Waals surface area contributed by atoms with Gasteiger partial charge in [-0.1, -0.05) is 0 Å². The van der Waals surface area contributed by atoms with Crippen LogP contribution in [-0.2, 0) is 10.0 Å². The molecule has 1 aliphatic carbocycles. The van der Waals surface area contributed by atoms with Crippen molar-refractivity contribution in [3.63, 3.8) is 0 Å². The Balaban J connectivity index is 1.99. The van der Waals surface area contributed by atoms with Gasteiger partial charge < -0.3 is 5.11 Å². The van der Waals surface area contributed by atoms with Crippen molar-refractivity contribution in [1.29, 1.82) is 0 Å². The van der Waals surface area contributed by atoms with Gasteiger partial charge in [-0.3, -0.25) is 0 Å². The first kappa shape index (κ1) is 13.5. The molecule has 0 aromatic carbocycles. The first-order chi connectivity index (χ1) is 7.88. The first-order valence-corrected chi connectivity index (χ1v) is 8.41. The summed E-state index contributed by atoms with van der Waals surface area (Å²) >= 11 is 4.53. The molecule has 96 valence electrons. The number of hydrogen-bond acceptors (Lipinski definition) is 4. The van der Waals surface area contributed by atoms with Crippen LogP contribution in [0.1, 0.15) is 18.4 Å². The summed E-state index contributed by atoms with van der Waals surface area (Å²) in [6, 6.07) is 1.66. The summed E-state index contributed by atoms with van der Waals surface area (Å²) in [5.41, 5.74) is 0.925. The van der Waals surface area contributed by atoms with Gasteiger partial charge in [0, 0.05) is 6.54 Å². The monoisotopic (exact) mass is 339 g/mol. The van der Waals surface area contributed by atoms with Crippen molar-refractivity contribution in [1.82, 2.24) is 4.72 Å². The fourth-order valence-corrected chi connectivity index (χ4v) is 5.12. The third-order valence-corrected chi connectivity index (χ3v) is 6.91. The van der Waals surface area contributed by atoms with Crippen LogP contribution >= 0.6 is 27.3 Å². The van der Waals surface area contributed by atoms with Gasteiger partial charge in [-0.05, 0) is 53.2 Å². The number of halogens is 1. The molecule has 0 amide bonds. The lowest BCUT2D eigenvalue weighted by Crippen LogP contribution is -2.38. The Morgan fingerprint density at radius 2 is 2.24 bits per heavy atom. The molecule has 1 aromatic heterocycles. The first-order valence-electron chi connectivity index (χ1n) is 5.32. The molecular formula is C10H14BrNO3S2. The van der Waals surface area contributed by atoms with Crippen LogP contribution in [0.2, 0.25) is 0 Å². The lowest BCUT2D eigenvalue weighted by molar-refractivity contribution is 0.0453. The molecule has 0 saturated heterocycles. The van der Waals surface area contributed by atoms with Gasteiger partial charge in [0.1, 0.15) is 4.21 Å². The Morgan fingerprint density at radius 3 is 2.71 bits per heavy atom. The van der Waals surface area contributed by atoms with Crippen LogP contribution in [0.5, 0.6) is 0 Å². The van der Waals surface area contributed by atoms with Crippen molar-refractivity contribution >= 4 is 37.3 Å². The van der Waals surface area contributed by atoms with Gasteiger partial charge in [-0.25, -0.2) is 13.1 Å². The molecule has 1 aromatic rings. The van der Waals surface area contributed by atoms with Gasteiger partial charge in [-0.15, -0.1) is 11.3 Å². The normalized spacial score (nSPS) is 24.6. The van der Waals surface area contributed by atoms with E-state index in [-0.39, 0.29) is 12.0 Å². The highest BCUT2D eigenvalue weighted by molar-refractivity contribution is 9.11. The molecule has 1 aliphatic rings. The maximum Gasteiger partial charge on any atom is 0.250 e. The van der Waals surface area contributed by atoms with Gasteiger partial charge in [0.25, 0.3) is 0 Å². The molecule has 1 heterocycles. The summed E-state index contributed by atoms with van der Waals surface area (Å²) in [5, 5.41) is 9.12. The minimum absolute atomic E-state index is 0.248. The third-order valence-electron chi connectivity index (χ3n) is 2.87. The largest absolute Gasteiger partial charge is 0.393 e. The lowest BCUT2D eigenvalue weighted by atomic mass is 9.83. The number of nitrogens with one attached hydrogen (secondary N) is 1. The third kappa shape index (κ3) is 3.08. The Bertz CT molecular complexity index is 486. The number of sulfonamides is 1. The molecule has 0 atom stereocenters. The predicted molar refractivity (Wildman–Crippen MR) is 70.7 cm³/mol. The maximum absolute atomic E-state index is 11.9. The Morgan fingerprint density at radius 1 is 1.59 bits per heavy atom. The van der Waals surface area contributed by atoms with Crippen LogP contribution in [0, 0.1) is 12.8 Å². The highest BCUT2D eigenvalue weighted by atomic mass is 79.9. The van der Waals surface area contributed by atoms with E-state index in [1.54, 1.807) is 6.07 Å². The molecule has 4 nitrogen and oxygen atoms in total. The summed E-state index contributed by atoms with van der Waals surface area (Å²) in [7, 11) is -3.39. The van der Waals surface area contributed by atoms with Gasteiger partial charge in [0.05, 0.1) is 9.89 Å². The molecule has 0 spiro atoms. The summed E-state index contributed by atoms with van der Waals surface area (Å²) < 4.78 is 27.6.